The number of nitrogens with zero attached hydrogens (tertiary/aromatic N) is 1. The number of hydrogen-bond donors (Lipinski definition) is 2. The zero-order valence-corrected chi connectivity index (χ0v) is 12.0. The minimum absolute atomic E-state index is 0.0395. The molecule has 0 spiro atoms. The molecule has 0 heterocycles. The van der Waals surface area contributed by atoms with E-state index in [0.29, 0.717) is 19.0 Å². The van der Waals surface area contributed by atoms with Crippen molar-refractivity contribution >= 4 is 18.5 Å². The standard InChI is InChI=1S/C15H21NO2S/c17-10-9-16(13-3-1-2-4-13)15(18)11-12-5-7-14(19)8-6-12/h5-8,13,17,19H,1-4,9-11H2. The molecule has 3 nitrogen and oxygen atoms in total. The van der Waals surface area contributed by atoms with Crippen molar-refractivity contribution in [1.29, 1.82) is 0 Å². The van der Waals surface area contributed by atoms with E-state index < -0.39 is 0 Å². The number of carbonyl (C=O) groups is 1. The van der Waals surface area contributed by atoms with Gasteiger partial charge in [0.25, 0.3) is 0 Å². The Morgan fingerprint density at radius 1 is 1.26 bits per heavy atom. The molecule has 0 aromatic heterocycles. The molecule has 1 N–H and O–H groups in total. The summed E-state index contributed by atoms with van der Waals surface area (Å²) in [6.07, 6.45) is 4.93. The van der Waals surface area contributed by atoms with E-state index in [9.17, 15) is 4.79 Å². The second-order valence-corrected chi connectivity index (χ2v) is 5.61. The van der Waals surface area contributed by atoms with Gasteiger partial charge in [0.15, 0.2) is 0 Å². The van der Waals surface area contributed by atoms with Crippen molar-refractivity contribution in [3.05, 3.63) is 29.8 Å². The summed E-state index contributed by atoms with van der Waals surface area (Å²) < 4.78 is 0. The molecule has 104 valence electrons. The number of amides is 1. The van der Waals surface area contributed by atoms with Crippen LogP contribution in [0.3, 0.4) is 0 Å². The van der Waals surface area contributed by atoms with Crippen LogP contribution in [0.25, 0.3) is 0 Å². The van der Waals surface area contributed by atoms with Gasteiger partial charge >= 0.3 is 0 Å². The molecule has 0 unspecified atom stereocenters. The first-order valence-electron chi connectivity index (χ1n) is 6.89. The number of aliphatic hydroxyl groups excluding tert-OH is 1. The van der Waals surface area contributed by atoms with Crippen LogP contribution in [0, 0.1) is 0 Å². The number of benzene rings is 1. The third-order valence-electron chi connectivity index (χ3n) is 3.72. The third kappa shape index (κ3) is 3.98. The van der Waals surface area contributed by atoms with Crippen LogP contribution in [-0.4, -0.2) is 35.1 Å². The van der Waals surface area contributed by atoms with E-state index in [1.165, 1.54) is 12.8 Å². The molecule has 0 bridgehead atoms. The van der Waals surface area contributed by atoms with E-state index >= 15 is 0 Å². The maximum Gasteiger partial charge on any atom is 0.227 e. The van der Waals surface area contributed by atoms with Gasteiger partial charge in [-0.1, -0.05) is 25.0 Å². The Morgan fingerprint density at radius 3 is 2.47 bits per heavy atom. The third-order valence-corrected chi connectivity index (χ3v) is 4.02. The van der Waals surface area contributed by atoms with Crippen LogP contribution >= 0.6 is 12.6 Å². The summed E-state index contributed by atoms with van der Waals surface area (Å²) in [5, 5.41) is 9.14. The largest absolute Gasteiger partial charge is 0.395 e. The van der Waals surface area contributed by atoms with Crippen LogP contribution < -0.4 is 0 Å². The Bertz CT molecular complexity index is 413. The van der Waals surface area contributed by atoms with Crippen molar-refractivity contribution in [1.82, 2.24) is 4.90 Å². The summed E-state index contributed by atoms with van der Waals surface area (Å²) in [5.74, 6) is 0.118. The van der Waals surface area contributed by atoms with Crippen molar-refractivity contribution in [2.45, 2.75) is 43.0 Å². The Labute approximate surface area is 120 Å². The Kier molecular flexibility index (Phi) is 5.28. The minimum atomic E-state index is 0.0395. The maximum atomic E-state index is 12.4. The first kappa shape index (κ1) is 14.4. The van der Waals surface area contributed by atoms with Gasteiger partial charge in [-0.05, 0) is 30.5 Å². The van der Waals surface area contributed by atoms with Gasteiger partial charge in [0, 0.05) is 17.5 Å². The van der Waals surface area contributed by atoms with Crippen molar-refractivity contribution in [3.8, 4) is 0 Å². The average molecular weight is 279 g/mol. The molecule has 19 heavy (non-hydrogen) atoms. The molecule has 2 rings (SSSR count). The predicted octanol–water partition coefficient (Wildman–Crippen LogP) is 2.28. The van der Waals surface area contributed by atoms with Crippen LogP contribution in [-0.2, 0) is 11.2 Å². The van der Waals surface area contributed by atoms with Gasteiger partial charge in [0.05, 0.1) is 13.0 Å². The van der Waals surface area contributed by atoms with Crippen molar-refractivity contribution in [2.24, 2.45) is 0 Å². The van der Waals surface area contributed by atoms with Gasteiger partial charge in [0.2, 0.25) is 5.91 Å². The normalized spacial score (nSPS) is 15.7. The Balaban J connectivity index is 2.00. The van der Waals surface area contributed by atoms with Crippen molar-refractivity contribution in [3.63, 3.8) is 0 Å². The summed E-state index contributed by atoms with van der Waals surface area (Å²) in [5.41, 5.74) is 1.00. The van der Waals surface area contributed by atoms with Gasteiger partial charge < -0.3 is 10.0 Å². The second kappa shape index (κ2) is 6.96. The zero-order chi connectivity index (χ0) is 13.7. The molecule has 1 saturated carbocycles. The summed E-state index contributed by atoms with van der Waals surface area (Å²) in [6, 6.07) is 8.00. The molecule has 1 amide bonds. The highest BCUT2D eigenvalue weighted by Gasteiger charge is 2.25. The van der Waals surface area contributed by atoms with E-state index in [-0.39, 0.29) is 12.5 Å². The summed E-state index contributed by atoms with van der Waals surface area (Å²) in [7, 11) is 0. The number of rotatable bonds is 5. The maximum absolute atomic E-state index is 12.4. The predicted molar refractivity (Wildman–Crippen MR) is 78.5 cm³/mol. The highest BCUT2D eigenvalue weighted by Crippen LogP contribution is 2.24. The molecule has 1 aliphatic rings. The lowest BCUT2D eigenvalue weighted by atomic mass is 10.1. The first-order chi connectivity index (χ1) is 9.20. The number of aliphatic hydroxyl groups is 1. The van der Waals surface area contributed by atoms with Crippen LogP contribution in [0.2, 0.25) is 0 Å². The van der Waals surface area contributed by atoms with Gasteiger partial charge in [0.1, 0.15) is 0 Å². The number of thiol groups is 1. The molecular formula is C15H21NO2S. The highest BCUT2D eigenvalue weighted by atomic mass is 32.1. The summed E-state index contributed by atoms with van der Waals surface area (Å²) in [6.45, 7) is 0.492. The monoisotopic (exact) mass is 279 g/mol. The lowest BCUT2D eigenvalue weighted by Gasteiger charge is -2.28. The van der Waals surface area contributed by atoms with Crippen molar-refractivity contribution in [2.75, 3.05) is 13.2 Å². The molecule has 1 aromatic rings. The molecule has 1 aliphatic carbocycles. The SMILES string of the molecule is O=C(Cc1ccc(S)cc1)N(CCO)C1CCCC1. The van der Waals surface area contributed by atoms with E-state index in [1.807, 2.05) is 29.2 Å². The topological polar surface area (TPSA) is 40.5 Å². The number of carbonyl (C=O) groups excluding carboxylic acids is 1. The van der Waals surface area contributed by atoms with E-state index in [1.54, 1.807) is 0 Å². The fourth-order valence-electron chi connectivity index (χ4n) is 2.72. The smallest absolute Gasteiger partial charge is 0.227 e. The van der Waals surface area contributed by atoms with E-state index in [2.05, 4.69) is 12.6 Å². The molecule has 0 aliphatic heterocycles. The molecule has 1 aromatic carbocycles. The fourth-order valence-corrected chi connectivity index (χ4v) is 2.87. The average Bonchev–Trinajstić information content (AvgIpc) is 2.92. The number of hydrogen-bond acceptors (Lipinski definition) is 3. The summed E-state index contributed by atoms with van der Waals surface area (Å²) >= 11 is 4.24. The molecular weight excluding hydrogens is 258 g/mol. The molecule has 0 atom stereocenters. The van der Waals surface area contributed by atoms with Gasteiger partial charge in [-0.2, -0.15) is 0 Å². The first-order valence-corrected chi connectivity index (χ1v) is 7.33. The van der Waals surface area contributed by atoms with Crippen LogP contribution in [0.1, 0.15) is 31.2 Å². The quantitative estimate of drug-likeness (QED) is 0.812. The second-order valence-electron chi connectivity index (χ2n) is 5.09. The van der Waals surface area contributed by atoms with Crippen LogP contribution in [0.15, 0.2) is 29.2 Å². The Hall–Kier alpha value is -1.00. The molecule has 4 heteroatoms. The van der Waals surface area contributed by atoms with E-state index in [0.717, 1.165) is 23.3 Å². The Morgan fingerprint density at radius 2 is 1.89 bits per heavy atom. The van der Waals surface area contributed by atoms with Crippen LogP contribution in [0.4, 0.5) is 0 Å². The molecule has 0 radical (unpaired) electrons. The highest BCUT2D eigenvalue weighted by molar-refractivity contribution is 7.80. The van der Waals surface area contributed by atoms with Gasteiger partial charge in [-0.15, -0.1) is 12.6 Å². The molecule has 0 saturated heterocycles. The fraction of sp³-hybridized carbons (Fsp3) is 0.533. The van der Waals surface area contributed by atoms with Crippen molar-refractivity contribution < 1.29 is 9.90 Å². The minimum Gasteiger partial charge on any atom is -0.395 e. The molecule has 1 fully saturated rings. The lowest BCUT2D eigenvalue weighted by Crippen LogP contribution is -2.41. The lowest BCUT2D eigenvalue weighted by molar-refractivity contribution is -0.133. The zero-order valence-electron chi connectivity index (χ0n) is 11.1. The van der Waals surface area contributed by atoms with E-state index in [4.69, 9.17) is 5.11 Å². The van der Waals surface area contributed by atoms with Gasteiger partial charge in [-0.3, -0.25) is 4.79 Å². The van der Waals surface area contributed by atoms with Gasteiger partial charge in [-0.25, -0.2) is 0 Å². The van der Waals surface area contributed by atoms with Crippen LogP contribution in [0.5, 0.6) is 0 Å². The summed E-state index contributed by atoms with van der Waals surface area (Å²) in [4.78, 5) is 15.1.